The molecule has 0 radical (unpaired) electrons. The molecule has 1 amide bonds. The monoisotopic (exact) mass is 461 g/mol. The van der Waals surface area contributed by atoms with E-state index in [9.17, 15) is 9.59 Å². The lowest BCUT2D eigenvalue weighted by molar-refractivity contribution is 0.0977. The molecule has 168 valence electrons. The molecule has 33 heavy (non-hydrogen) atoms. The van der Waals surface area contributed by atoms with Crippen molar-refractivity contribution in [2.45, 2.75) is 26.2 Å². The van der Waals surface area contributed by atoms with Crippen molar-refractivity contribution in [1.82, 2.24) is 15.3 Å². The lowest BCUT2D eigenvalue weighted by Gasteiger charge is -2.21. The van der Waals surface area contributed by atoms with Gasteiger partial charge in [-0.3, -0.25) is 10.1 Å². The molecule has 1 heterocycles. The summed E-state index contributed by atoms with van der Waals surface area (Å²) in [4.78, 5) is 34.7. The number of amides is 1. The second-order valence-corrected chi connectivity index (χ2v) is 9.09. The molecule has 7 nitrogen and oxygen atoms in total. The highest BCUT2D eigenvalue weighted by Gasteiger charge is 2.18. The van der Waals surface area contributed by atoms with Crippen LogP contribution in [0.1, 0.15) is 36.7 Å². The van der Waals surface area contributed by atoms with Crippen LogP contribution in [0.25, 0.3) is 11.0 Å². The normalized spacial score (nSPS) is 12.1. The summed E-state index contributed by atoms with van der Waals surface area (Å²) in [5.74, 6) is -0.109. The Bertz CT molecular complexity index is 1410. The molecule has 0 bridgehead atoms. The van der Waals surface area contributed by atoms with Gasteiger partial charge in [0.05, 0.1) is 16.7 Å². The molecule has 0 aliphatic carbocycles. The summed E-state index contributed by atoms with van der Waals surface area (Å²) in [5.41, 5.74) is 3.71. The Hall–Kier alpha value is -3.84. The fourth-order valence-corrected chi connectivity index (χ4v) is 3.66. The minimum atomic E-state index is -0.354. The first-order valence-corrected chi connectivity index (χ1v) is 10.8. The number of aliphatic imine (C=N–C) groups is 1. The van der Waals surface area contributed by atoms with Crippen LogP contribution in [0.3, 0.4) is 0 Å². The van der Waals surface area contributed by atoms with E-state index < -0.39 is 0 Å². The van der Waals surface area contributed by atoms with E-state index in [0.29, 0.717) is 27.3 Å². The van der Waals surface area contributed by atoms with Gasteiger partial charge in [-0.2, -0.15) is 0 Å². The maximum Gasteiger partial charge on any atom is 0.323 e. The van der Waals surface area contributed by atoms with Crippen LogP contribution in [-0.4, -0.2) is 21.8 Å². The highest BCUT2D eigenvalue weighted by molar-refractivity contribution is 6.31. The average molecular weight is 462 g/mol. The van der Waals surface area contributed by atoms with E-state index in [2.05, 4.69) is 41.4 Å². The number of aromatic amines is 2. The highest BCUT2D eigenvalue weighted by atomic mass is 35.5. The summed E-state index contributed by atoms with van der Waals surface area (Å²) in [5, 5.41) is 6.49. The van der Waals surface area contributed by atoms with Crippen LogP contribution in [0.2, 0.25) is 5.02 Å². The molecular formula is C25H24ClN5O2. The Labute approximate surface area is 195 Å². The third-order valence-electron chi connectivity index (χ3n) is 5.04. The number of hydrogen-bond acceptors (Lipinski definition) is 3. The summed E-state index contributed by atoms with van der Waals surface area (Å²) in [6.07, 6.45) is 0. The molecule has 3 aromatic carbocycles. The van der Waals surface area contributed by atoms with Crippen molar-refractivity contribution in [2.24, 2.45) is 4.99 Å². The van der Waals surface area contributed by atoms with E-state index in [-0.39, 0.29) is 23.0 Å². The predicted octanol–water partition coefficient (Wildman–Crippen LogP) is 5.34. The van der Waals surface area contributed by atoms with Crippen LogP contribution in [0.4, 0.5) is 11.4 Å². The molecule has 0 fully saturated rings. The minimum absolute atomic E-state index is 0.147. The summed E-state index contributed by atoms with van der Waals surface area (Å²) in [6.45, 7) is 6.32. The van der Waals surface area contributed by atoms with Crippen LogP contribution >= 0.6 is 11.6 Å². The number of nitrogens with zero attached hydrogens (tertiary/aromatic N) is 1. The molecule has 0 spiro atoms. The van der Waals surface area contributed by atoms with E-state index >= 15 is 0 Å². The fraction of sp³-hybridized carbons (Fsp3) is 0.160. The third kappa shape index (κ3) is 5.32. The van der Waals surface area contributed by atoms with Crippen molar-refractivity contribution < 1.29 is 4.79 Å². The minimum Gasteiger partial charge on any atom is -0.326 e. The zero-order chi connectivity index (χ0) is 23.6. The number of carbonyl (C=O) groups excluding carboxylic acids is 1. The molecule has 4 rings (SSSR count). The molecule has 4 N–H and O–H groups in total. The van der Waals surface area contributed by atoms with E-state index in [0.717, 1.165) is 11.3 Å². The Morgan fingerprint density at radius 3 is 2.45 bits per heavy atom. The molecule has 4 aromatic rings. The van der Waals surface area contributed by atoms with Gasteiger partial charge >= 0.3 is 5.69 Å². The Morgan fingerprint density at radius 1 is 0.939 bits per heavy atom. The number of anilines is 1. The number of aromatic nitrogens is 2. The van der Waals surface area contributed by atoms with Crippen molar-refractivity contribution in [2.75, 3.05) is 5.32 Å². The number of halogens is 1. The first-order valence-electron chi connectivity index (χ1n) is 10.4. The first kappa shape index (κ1) is 22.4. The smallest absolute Gasteiger partial charge is 0.323 e. The Balaban J connectivity index is 1.73. The standard InChI is InChI=1S/C25H24ClN5O2/c1-25(2,3)18-9-4-5-10-19(18)28-23(31-22(32)15-7-6-8-16(26)13-15)27-17-11-12-20-21(14-17)30-24(33)29-20/h4-14H,1-3H3,(H2,29,30,33)(H2,27,28,31,32). The van der Waals surface area contributed by atoms with Crippen LogP contribution in [0.5, 0.6) is 0 Å². The second kappa shape index (κ2) is 8.96. The van der Waals surface area contributed by atoms with Gasteiger partial charge in [-0.15, -0.1) is 0 Å². The van der Waals surface area contributed by atoms with Crippen molar-refractivity contribution in [1.29, 1.82) is 0 Å². The zero-order valence-corrected chi connectivity index (χ0v) is 19.2. The van der Waals surface area contributed by atoms with E-state index in [1.54, 1.807) is 42.5 Å². The van der Waals surface area contributed by atoms with Crippen molar-refractivity contribution in [3.63, 3.8) is 0 Å². The number of nitrogens with one attached hydrogen (secondary N) is 4. The summed E-state index contributed by atoms with van der Waals surface area (Å²) >= 11 is 6.06. The van der Waals surface area contributed by atoms with Crippen molar-refractivity contribution in [3.8, 4) is 0 Å². The Kier molecular flexibility index (Phi) is 6.07. The number of hydrogen-bond donors (Lipinski definition) is 4. The third-order valence-corrected chi connectivity index (χ3v) is 5.28. The van der Waals surface area contributed by atoms with E-state index in [4.69, 9.17) is 16.6 Å². The molecule has 0 saturated carbocycles. The van der Waals surface area contributed by atoms with Gasteiger partial charge in [0, 0.05) is 16.3 Å². The summed E-state index contributed by atoms with van der Waals surface area (Å²) in [7, 11) is 0. The van der Waals surface area contributed by atoms with Crippen LogP contribution in [-0.2, 0) is 5.41 Å². The number of para-hydroxylation sites is 1. The largest absolute Gasteiger partial charge is 0.326 e. The number of benzene rings is 3. The van der Waals surface area contributed by atoms with E-state index in [1.165, 1.54) is 0 Å². The van der Waals surface area contributed by atoms with Gasteiger partial charge < -0.3 is 15.3 Å². The van der Waals surface area contributed by atoms with Gasteiger partial charge in [-0.1, -0.05) is 56.6 Å². The SMILES string of the molecule is CC(C)(C)c1ccccc1N=C(NC(=O)c1cccc(Cl)c1)Nc1ccc2[nH]c(=O)[nH]c2c1. The number of guanidine groups is 1. The molecule has 8 heteroatoms. The Morgan fingerprint density at radius 2 is 1.70 bits per heavy atom. The summed E-state index contributed by atoms with van der Waals surface area (Å²) < 4.78 is 0. The molecule has 0 saturated heterocycles. The maximum atomic E-state index is 12.9. The van der Waals surface area contributed by atoms with Gasteiger partial charge in [-0.25, -0.2) is 9.79 Å². The topological polar surface area (TPSA) is 102 Å². The molecular weight excluding hydrogens is 438 g/mol. The lowest BCUT2D eigenvalue weighted by atomic mass is 9.86. The maximum absolute atomic E-state index is 12.9. The number of rotatable bonds is 3. The molecule has 0 atom stereocenters. The molecule has 0 unspecified atom stereocenters. The van der Waals surface area contributed by atoms with E-state index in [1.807, 2.05) is 24.3 Å². The van der Waals surface area contributed by atoms with Crippen LogP contribution in [0, 0.1) is 0 Å². The molecule has 0 aliphatic heterocycles. The fourth-order valence-electron chi connectivity index (χ4n) is 3.47. The number of carbonyl (C=O) groups is 1. The molecule has 0 aliphatic rings. The number of fused-ring (bicyclic) bond motifs is 1. The lowest BCUT2D eigenvalue weighted by Crippen LogP contribution is -2.36. The average Bonchev–Trinajstić information content (AvgIpc) is 3.12. The number of H-pyrrole nitrogens is 2. The van der Waals surface area contributed by atoms with Gasteiger partial charge in [-0.05, 0) is 53.4 Å². The number of imidazole rings is 1. The summed E-state index contributed by atoms with van der Waals surface area (Å²) in [6, 6.07) is 19.8. The van der Waals surface area contributed by atoms with Crippen LogP contribution in [0.15, 0.2) is 76.5 Å². The van der Waals surface area contributed by atoms with Crippen molar-refractivity contribution in [3.05, 3.63) is 93.4 Å². The first-order chi connectivity index (χ1) is 15.7. The predicted molar refractivity (Wildman–Crippen MR) is 134 cm³/mol. The van der Waals surface area contributed by atoms with Gasteiger partial charge in [0.15, 0.2) is 0 Å². The van der Waals surface area contributed by atoms with Crippen LogP contribution < -0.4 is 16.3 Å². The highest BCUT2D eigenvalue weighted by Crippen LogP contribution is 2.31. The quantitative estimate of drug-likeness (QED) is 0.244. The van der Waals surface area contributed by atoms with Gasteiger partial charge in [0.25, 0.3) is 5.91 Å². The zero-order valence-electron chi connectivity index (χ0n) is 18.5. The van der Waals surface area contributed by atoms with Gasteiger partial charge in [0.2, 0.25) is 5.96 Å². The van der Waals surface area contributed by atoms with Gasteiger partial charge in [0.1, 0.15) is 0 Å². The second-order valence-electron chi connectivity index (χ2n) is 8.66. The molecule has 1 aromatic heterocycles. The van der Waals surface area contributed by atoms with Crippen molar-refractivity contribution >= 4 is 45.9 Å².